The lowest BCUT2D eigenvalue weighted by Crippen LogP contribution is -2.37. The molecule has 0 aliphatic heterocycles. The highest BCUT2D eigenvalue weighted by atomic mass is 32.1. The number of ether oxygens (including phenoxy) is 1. The fourth-order valence-corrected chi connectivity index (χ4v) is 3.07. The molecule has 0 fully saturated rings. The number of hydrogen-bond donors (Lipinski definition) is 1. The van der Waals surface area contributed by atoms with Gasteiger partial charge < -0.3 is 10.1 Å². The molecule has 1 heterocycles. The van der Waals surface area contributed by atoms with Gasteiger partial charge in [0.2, 0.25) is 0 Å². The Morgan fingerprint density at radius 1 is 1.21 bits per heavy atom. The van der Waals surface area contributed by atoms with E-state index in [-0.39, 0.29) is 6.10 Å². The van der Waals surface area contributed by atoms with E-state index in [1.54, 1.807) is 18.4 Å². The Labute approximate surface area is 119 Å². The predicted molar refractivity (Wildman–Crippen MR) is 81.7 cm³/mol. The van der Waals surface area contributed by atoms with Crippen LogP contribution in [0.15, 0.2) is 47.2 Å². The summed E-state index contributed by atoms with van der Waals surface area (Å²) in [4.78, 5) is 0. The highest BCUT2D eigenvalue weighted by Crippen LogP contribution is 2.23. The van der Waals surface area contributed by atoms with Crippen LogP contribution in [0.4, 0.5) is 0 Å². The largest absolute Gasteiger partial charge is 0.375 e. The molecule has 2 unspecified atom stereocenters. The van der Waals surface area contributed by atoms with Crippen LogP contribution in [0.3, 0.4) is 0 Å². The molecule has 0 radical (unpaired) electrons. The molecular weight excluding hydrogens is 254 g/mol. The Bertz CT molecular complexity index is 455. The third-order valence-corrected chi connectivity index (χ3v) is 3.98. The van der Waals surface area contributed by atoms with Crippen molar-refractivity contribution >= 4 is 11.3 Å². The van der Waals surface area contributed by atoms with Crippen molar-refractivity contribution < 1.29 is 4.74 Å². The number of likely N-dealkylation sites (N-methyl/N-ethyl adjacent to an activating group) is 1. The second kappa shape index (κ2) is 7.43. The van der Waals surface area contributed by atoms with E-state index in [0.717, 1.165) is 13.0 Å². The Kier molecular flexibility index (Phi) is 5.58. The number of nitrogens with one attached hydrogen (secondary N) is 1. The summed E-state index contributed by atoms with van der Waals surface area (Å²) in [6.07, 6.45) is 1.08. The van der Waals surface area contributed by atoms with Crippen LogP contribution in [-0.4, -0.2) is 19.7 Å². The molecule has 19 heavy (non-hydrogen) atoms. The lowest BCUT2D eigenvalue weighted by molar-refractivity contribution is 0.0684. The third kappa shape index (κ3) is 3.90. The standard InChI is InChI=1S/C16H21NOS/c1-3-17-15(11-13-9-10-19-12-13)16(18-2)14-7-5-4-6-8-14/h4-10,12,15-17H,3,11H2,1-2H3. The monoisotopic (exact) mass is 275 g/mol. The second-order valence-corrected chi connectivity index (χ2v) is 5.35. The zero-order valence-corrected chi connectivity index (χ0v) is 12.3. The van der Waals surface area contributed by atoms with Crippen LogP contribution >= 0.6 is 11.3 Å². The number of hydrogen-bond acceptors (Lipinski definition) is 3. The molecule has 1 aromatic heterocycles. The van der Waals surface area contributed by atoms with E-state index in [4.69, 9.17) is 4.74 Å². The van der Waals surface area contributed by atoms with Gasteiger partial charge in [-0.15, -0.1) is 0 Å². The van der Waals surface area contributed by atoms with Crippen LogP contribution in [0, 0.1) is 0 Å². The van der Waals surface area contributed by atoms with Crippen molar-refractivity contribution in [3.8, 4) is 0 Å². The summed E-state index contributed by atoms with van der Waals surface area (Å²) in [5.74, 6) is 0. The van der Waals surface area contributed by atoms with Gasteiger partial charge in [0.1, 0.15) is 0 Å². The van der Waals surface area contributed by atoms with Crippen molar-refractivity contribution in [3.05, 3.63) is 58.3 Å². The minimum Gasteiger partial charge on any atom is -0.375 e. The van der Waals surface area contributed by atoms with Gasteiger partial charge >= 0.3 is 0 Å². The van der Waals surface area contributed by atoms with Crippen LogP contribution in [0.25, 0.3) is 0 Å². The predicted octanol–water partition coefficient (Wildman–Crippen LogP) is 3.66. The quantitative estimate of drug-likeness (QED) is 0.832. The van der Waals surface area contributed by atoms with Crippen molar-refractivity contribution in [2.24, 2.45) is 0 Å². The van der Waals surface area contributed by atoms with Crippen LogP contribution in [-0.2, 0) is 11.2 Å². The van der Waals surface area contributed by atoms with Crippen molar-refractivity contribution in [1.29, 1.82) is 0 Å². The van der Waals surface area contributed by atoms with Crippen molar-refractivity contribution in [2.75, 3.05) is 13.7 Å². The molecule has 0 spiro atoms. The first-order valence-electron chi connectivity index (χ1n) is 6.67. The number of rotatable bonds is 7. The molecule has 0 amide bonds. The minimum atomic E-state index is 0.0843. The maximum absolute atomic E-state index is 5.74. The molecule has 0 bridgehead atoms. The molecule has 2 rings (SSSR count). The van der Waals surface area contributed by atoms with Gasteiger partial charge in [-0.3, -0.25) is 0 Å². The summed E-state index contributed by atoms with van der Waals surface area (Å²) in [6.45, 7) is 3.08. The summed E-state index contributed by atoms with van der Waals surface area (Å²) in [5, 5.41) is 7.89. The molecule has 2 atom stereocenters. The molecule has 2 nitrogen and oxygen atoms in total. The van der Waals surface area contributed by atoms with E-state index in [9.17, 15) is 0 Å². The lowest BCUT2D eigenvalue weighted by atomic mass is 9.97. The van der Waals surface area contributed by atoms with Crippen LogP contribution in [0.1, 0.15) is 24.2 Å². The van der Waals surface area contributed by atoms with Gasteiger partial charge in [-0.25, -0.2) is 0 Å². The number of thiophene rings is 1. The van der Waals surface area contributed by atoms with Gasteiger partial charge in [0.05, 0.1) is 6.10 Å². The van der Waals surface area contributed by atoms with Gasteiger partial charge in [0, 0.05) is 13.2 Å². The lowest BCUT2D eigenvalue weighted by Gasteiger charge is -2.27. The van der Waals surface area contributed by atoms with Gasteiger partial charge in [-0.05, 0) is 40.9 Å². The molecule has 1 N–H and O–H groups in total. The highest BCUT2D eigenvalue weighted by molar-refractivity contribution is 7.07. The SMILES string of the molecule is CCNC(Cc1ccsc1)C(OC)c1ccccc1. The maximum Gasteiger partial charge on any atom is 0.0977 e. The zero-order chi connectivity index (χ0) is 13.5. The molecule has 102 valence electrons. The van der Waals surface area contributed by atoms with E-state index in [2.05, 4.69) is 53.3 Å². The first kappa shape index (κ1) is 14.3. The third-order valence-electron chi connectivity index (χ3n) is 3.25. The minimum absolute atomic E-state index is 0.0843. The summed E-state index contributed by atoms with van der Waals surface area (Å²) >= 11 is 1.75. The Hall–Kier alpha value is -1.16. The molecule has 0 aliphatic carbocycles. The highest BCUT2D eigenvalue weighted by Gasteiger charge is 2.22. The molecule has 1 aromatic carbocycles. The van der Waals surface area contributed by atoms with E-state index in [1.165, 1.54) is 11.1 Å². The Morgan fingerprint density at radius 3 is 2.58 bits per heavy atom. The summed E-state index contributed by atoms with van der Waals surface area (Å²) < 4.78 is 5.74. The van der Waals surface area contributed by atoms with Crippen LogP contribution in [0.5, 0.6) is 0 Å². The van der Waals surface area contributed by atoms with Gasteiger partial charge in [-0.1, -0.05) is 37.3 Å². The Balaban J connectivity index is 2.16. The molecule has 0 saturated carbocycles. The first-order valence-corrected chi connectivity index (χ1v) is 7.61. The summed E-state index contributed by atoms with van der Waals surface area (Å²) in [6, 6.07) is 12.9. The van der Waals surface area contributed by atoms with E-state index < -0.39 is 0 Å². The second-order valence-electron chi connectivity index (χ2n) is 4.57. The van der Waals surface area contributed by atoms with Gasteiger partial charge in [0.25, 0.3) is 0 Å². The van der Waals surface area contributed by atoms with Gasteiger partial charge in [0.15, 0.2) is 0 Å². The van der Waals surface area contributed by atoms with E-state index >= 15 is 0 Å². The molecule has 0 saturated heterocycles. The summed E-state index contributed by atoms with van der Waals surface area (Å²) in [7, 11) is 1.79. The smallest absolute Gasteiger partial charge is 0.0977 e. The van der Waals surface area contributed by atoms with Gasteiger partial charge in [-0.2, -0.15) is 11.3 Å². The summed E-state index contributed by atoms with van der Waals surface area (Å²) in [5.41, 5.74) is 2.60. The average molecular weight is 275 g/mol. The molecular formula is C16H21NOS. The molecule has 2 aromatic rings. The zero-order valence-electron chi connectivity index (χ0n) is 11.5. The number of benzene rings is 1. The normalized spacial score (nSPS) is 14.2. The molecule has 0 aliphatic rings. The number of methoxy groups -OCH3 is 1. The average Bonchev–Trinajstić information content (AvgIpc) is 2.94. The van der Waals surface area contributed by atoms with Crippen molar-refractivity contribution in [1.82, 2.24) is 5.32 Å². The van der Waals surface area contributed by atoms with E-state index in [0.29, 0.717) is 6.04 Å². The first-order chi connectivity index (χ1) is 9.35. The fourth-order valence-electron chi connectivity index (χ4n) is 2.39. The van der Waals surface area contributed by atoms with Crippen molar-refractivity contribution in [3.63, 3.8) is 0 Å². The van der Waals surface area contributed by atoms with Crippen LogP contribution < -0.4 is 5.32 Å². The Morgan fingerprint density at radius 2 is 2.00 bits per heavy atom. The van der Waals surface area contributed by atoms with Crippen LogP contribution in [0.2, 0.25) is 0 Å². The maximum atomic E-state index is 5.74. The fraction of sp³-hybridized carbons (Fsp3) is 0.375. The molecule has 3 heteroatoms. The topological polar surface area (TPSA) is 21.3 Å². The van der Waals surface area contributed by atoms with Crippen molar-refractivity contribution in [2.45, 2.75) is 25.5 Å². The van der Waals surface area contributed by atoms with E-state index in [1.807, 2.05) is 6.07 Å².